The third-order valence-corrected chi connectivity index (χ3v) is 5.27. The molecule has 1 aliphatic rings. The molecule has 1 atom stereocenters. The molecule has 1 amide bonds. The van der Waals surface area contributed by atoms with E-state index in [1.807, 2.05) is 19.2 Å². The molecule has 1 saturated heterocycles. The molecule has 0 spiro atoms. The summed E-state index contributed by atoms with van der Waals surface area (Å²) in [5.74, 6) is 0.525. The second kappa shape index (κ2) is 8.82. The van der Waals surface area contributed by atoms with Gasteiger partial charge < -0.3 is 10.2 Å². The first-order chi connectivity index (χ1) is 12.3. The predicted octanol–water partition coefficient (Wildman–Crippen LogP) is 3.61. The number of piperidine rings is 1. The average Bonchev–Trinajstić information content (AvgIpc) is 2.69. The minimum Gasteiger partial charge on any atom is -0.343 e. The van der Waals surface area contributed by atoms with E-state index >= 15 is 0 Å². The van der Waals surface area contributed by atoms with Gasteiger partial charge in [-0.1, -0.05) is 60.7 Å². The molecule has 1 aliphatic heterocycles. The minimum absolute atomic E-state index is 0.234. The van der Waals surface area contributed by atoms with Crippen LogP contribution in [-0.4, -0.2) is 37.0 Å². The smallest absolute Gasteiger partial charge is 0.223 e. The molecule has 3 heteroatoms. The molecule has 2 aromatic carbocycles. The fourth-order valence-electron chi connectivity index (χ4n) is 3.69. The third kappa shape index (κ3) is 4.93. The van der Waals surface area contributed by atoms with Gasteiger partial charge in [-0.2, -0.15) is 0 Å². The normalized spacial score (nSPS) is 16.6. The molecular formula is C22H28N2O. The van der Waals surface area contributed by atoms with Gasteiger partial charge in [0.25, 0.3) is 0 Å². The molecule has 1 unspecified atom stereocenters. The quantitative estimate of drug-likeness (QED) is 0.874. The Morgan fingerprint density at radius 3 is 2.24 bits per heavy atom. The Morgan fingerprint density at radius 2 is 1.64 bits per heavy atom. The van der Waals surface area contributed by atoms with Crippen molar-refractivity contribution in [1.82, 2.24) is 10.2 Å². The Kier molecular flexibility index (Phi) is 6.24. The Morgan fingerprint density at radius 1 is 1.04 bits per heavy atom. The van der Waals surface area contributed by atoms with Crippen molar-refractivity contribution in [3.8, 4) is 0 Å². The Balaban J connectivity index is 1.68. The number of carbonyl (C=O) groups is 1. The lowest BCUT2D eigenvalue weighted by Gasteiger charge is -2.33. The van der Waals surface area contributed by atoms with E-state index in [2.05, 4.69) is 58.7 Å². The Labute approximate surface area is 151 Å². The van der Waals surface area contributed by atoms with Gasteiger partial charge in [0.2, 0.25) is 5.91 Å². The maximum atomic E-state index is 12.9. The molecule has 1 N–H and O–H groups in total. The number of hydrogen-bond donors (Lipinski definition) is 1. The van der Waals surface area contributed by atoms with Crippen LogP contribution in [0.5, 0.6) is 0 Å². The van der Waals surface area contributed by atoms with E-state index < -0.39 is 0 Å². The Bertz CT molecular complexity index is 648. The van der Waals surface area contributed by atoms with Crippen molar-refractivity contribution in [2.75, 3.05) is 20.1 Å². The molecule has 0 radical (unpaired) electrons. The fraction of sp³-hybridized carbons (Fsp3) is 0.409. The summed E-state index contributed by atoms with van der Waals surface area (Å²) in [6.45, 7) is 1.74. The Hall–Kier alpha value is -2.13. The van der Waals surface area contributed by atoms with E-state index in [4.69, 9.17) is 0 Å². The summed E-state index contributed by atoms with van der Waals surface area (Å²) < 4.78 is 0. The maximum absolute atomic E-state index is 12.9. The van der Waals surface area contributed by atoms with Crippen molar-refractivity contribution in [2.24, 2.45) is 0 Å². The summed E-state index contributed by atoms with van der Waals surface area (Å²) in [5.41, 5.74) is 2.54. The highest BCUT2D eigenvalue weighted by atomic mass is 16.2. The van der Waals surface area contributed by atoms with Gasteiger partial charge >= 0.3 is 0 Å². The van der Waals surface area contributed by atoms with Crippen molar-refractivity contribution >= 4 is 5.91 Å². The molecule has 1 fully saturated rings. The molecule has 0 saturated carbocycles. The van der Waals surface area contributed by atoms with Gasteiger partial charge in [-0.25, -0.2) is 0 Å². The van der Waals surface area contributed by atoms with E-state index in [0.717, 1.165) is 32.4 Å². The van der Waals surface area contributed by atoms with Crippen LogP contribution < -0.4 is 5.32 Å². The zero-order valence-electron chi connectivity index (χ0n) is 15.0. The van der Waals surface area contributed by atoms with E-state index in [0.29, 0.717) is 18.4 Å². The minimum atomic E-state index is 0.234. The predicted molar refractivity (Wildman–Crippen MR) is 103 cm³/mol. The molecular weight excluding hydrogens is 308 g/mol. The van der Waals surface area contributed by atoms with Crippen molar-refractivity contribution < 1.29 is 4.79 Å². The lowest BCUT2D eigenvalue weighted by Crippen LogP contribution is -2.44. The van der Waals surface area contributed by atoms with E-state index in [1.165, 1.54) is 11.1 Å². The second-order valence-electron chi connectivity index (χ2n) is 6.95. The van der Waals surface area contributed by atoms with E-state index in [9.17, 15) is 4.79 Å². The summed E-state index contributed by atoms with van der Waals surface area (Å²) in [4.78, 5) is 14.9. The second-order valence-corrected chi connectivity index (χ2v) is 6.95. The molecule has 2 aromatic rings. The highest BCUT2D eigenvalue weighted by molar-refractivity contribution is 5.77. The van der Waals surface area contributed by atoms with Crippen LogP contribution in [0.2, 0.25) is 0 Å². The lowest BCUT2D eigenvalue weighted by atomic mass is 9.88. The number of hydrogen-bond acceptors (Lipinski definition) is 2. The standard InChI is InChI=1S/C22H28N2O/c1-23-21-12-14-24(15-13-21)22(25)17-20(19-10-6-3-7-11-19)16-18-8-4-2-5-9-18/h2-11,20-21,23H,12-17H2,1H3. The first-order valence-electron chi connectivity index (χ1n) is 9.30. The zero-order chi connectivity index (χ0) is 17.5. The van der Waals surface area contributed by atoms with Crippen LogP contribution >= 0.6 is 0 Å². The summed E-state index contributed by atoms with van der Waals surface area (Å²) in [6.07, 6.45) is 3.60. The maximum Gasteiger partial charge on any atom is 0.223 e. The summed E-state index contributed by atoms with van der Waals surface area (Å²) in [5, 5.41) is 3.32. The first-order valence-corrected chi connectivity index (χ1v) is 9.30. The van der Waals surface area contributed by atoms with Crippen molar-refractivity contribution in [3.05, 3.63) is 71.8 Å². The van der Waals surface area contributed by atoms with Gasteiger partial charge in [-0.3, -0.25) is 4.79 Å². The van der Waals surface area contributed by atoms with Crippen molar-refractivity contribution in [2.45, 2.75) is 37.6 Å². The zero-order valence-corrected chi connectivity index (χ0v) is 15.0. The number of amides is 1. The molecule has 0 aliphatic carbocycles. The summed E-state index contributed by atoms with van der Waals surface area (Å²) >= 11 is 0. The largest absolute Gasteiger partial charge is 0.343 e. The van der Waals surface area contributed by atoms with E-state index in [-0.39, 0.29) is 5.92 Å². The molecule has 0 bridgehead atoms. The van der Waals surface area contributed by atoms with Crippen LogP contribution in [-0.2, 0) is 11.2 Å². The van der Waals surface area contributed by atoms with Crippen LogP contribution in [0.3, 0.4) is 0 Å². The van der Waals surface area contributed by atoms with Gasteiger partial charge in [0.1, 0.15) is 0 Å². The molecule has 1 heterocycles. The van der Waals surface area contributed by atoms with Crippen molar-refractivity contribution in [1.29, 1.82) is 0 Å². The van der Waals surface area contributed by atoms with Gasteiger partial charge in [-0.05, 0) is 43.4 Å². The number of nitrogens with one attached hydrogen (secondary N) is 1. The van der Waals surface area contributed by atoms with Crippen LogP contribution in [0.25, 0.3) is 0 Å². The fourth-order valence-corrected chi connectivity index (χ4v) is 3.69. The van der Waals surface area contributed by atoms with Gasteiger partial charge in [0.05, 0.1) is 0 Å². The van der Waals surface area contributed by atoms with Gasteiger partial charge in [0.15, 0.2) is 0 Å². The van der Waals surface area contributed by atoms with Crippen LogP contribution in [0.15, 0.2) is 60.7 Å². The molecule has 132 valence electrons. The third-order valence-electron chi connectivity index (χ3n) is 5.27. The molecule has 3 rings (SSSR count). The molecule has 25 heavy (non-hydrogen) atoms. The first kappa shape index (κ1) is 17.7. The number of carbonyl (C=O) groups excluding carboxylic acids is 1. The molecule has 0 aromatic heterocycles. The van der Waals surface area contributed by atoms with Crippen LogP contribution in [0.4, 0.5) is 0 Å². The van der Waals surface area contributed by atoms with Crippen molar-refractivity contribution in [3.63, 3.8) is 0 Å². The van der Waals surface area contributed by atoms with E-state index in [1.54, 1.807) is 0 Å². The van der Waals surface area contributed by atoms with Crippen LogP contribution in [0, 0.1) is 0 Å². The van der Waals surface area contributed by atoms with Gasteiger partial charge in [-0.15, -0.1) is 0 Å². The number of benzene rings is 2. The monoisotopic (exact) mass is 336 g/mol. The molecule has 3 nitrogen and oxygen atoms in total. The summed E-state index contributed by atoms with van der Waals surface area (Å²) in [7, 11) is 2.01. The number of rotatable bonds is 6. The number of nitrogens with zero attached hydrogens (tertiary/aromatic N) is 1. The van der Waals surface area contributed by atoms with Gasteiger partial charge in [0, 0.05) is 25.6 Å². The summed E-state index contributed by atoms with van der Waals surface area (Å²) in [6, 6.07) is 21.5. The highest BCUT2D eigenvalue weighted by Crippen LogP contribution is 2.26. The number of likely N-dealkylation sites (tertiary alicyclic amines) is 1. The lowest BCUT2D eigenvalue weighted by molar-refractivity contribution is -0.132. The SMILES string of the molecule is CNC1CCN(C(=O)CC(Cc2ccccc2)c2ccccc2)CC1. The van der Waals surface area contributed by atoms with Crippen LogP contribution in [0.1, 0.15) is 36.3 Å². The highest BCUT2D eigenvalue weighted by Gasteiger charge is 2.24. The average molecular weight is 336 g/mol. The topological polar surface area (TPSA) is 32.3 Å².